The van der Waals surface area contributed by atoms with E-state index in [2.05, 4.69) is 32.3 Å². The molecule has 1 saturated carbocycles. The van der Waals surface area contributed by atoms with Gasteiger partial charge in [0, 0.05) is 6.21 Å². The monoisotopic (exact) mass is 419 g/mol. The molecule has 31 heavy (non-hydrogen) atoms. The third-order valence-corrected chi connectivity index (χ3v) is 6.01. The number of amidine groups is 1. The van der Waals surface area contributed by atoms with E-state index in [1.54, 1.807) is 12.1 Å². The molecule has 0 aromatic heterocycles. The number of amides is 2. The topological polar surface area (TPSA) is 131 Å². The minimum Gasteiger partial charge on any atom is -0.351 e. The Morgan fingerprint density at radius 2 is 2.00 bits per heavy atom. The first-order chi connectivity index (χ1) is 15.1. The fourth-order valence-electron chi connectivity index (χ4n) is 4.47. The molecule has 158 valence electrons. The van der Waals surface area contributed by atoms with E-state index in [1.807, 2.05) is 23.2 Å². The highest BCUT2D eigenvalue weighted by Gasteiger charge is 2.45. The maximum atomic E-state index is 12.6. The van der Waals surface area contributed by atoms with E-state index >= 15 is 0 Å². The van der Waals surface area contributed by atoms with E-state index in [-0.39, 0.29) is 17.9 Å². The Balaban J connectivity index is 1.42. The van der Waals surface area contributed by atoms with Gasteiger partial charge in [-0.1, -0.05) is 25.0 Å². The van der Waals surface area contributed by atoms with Gasteiger partial charge < -0.3 is 4.84 Å². The number of aliphatic imine (C=N–C) groups is 2. The van der Waals surface area contributed by atoms with Gasteiger partial charge in [0.2, 0.25) is 0 Å². The van der Waals surface area contributed by atoms with Crippen molar-refractivity contribution in [2.75, 3.05) is 0 Å². The van der Waals surface area contributed by atoms with Crippen LogP contribution in [0.3, 0.4) is 0 Å². The largest absolute Gasteiger partial charge is 0.427 e. The molecule has 2 amide bonds. The van der Waals surface area contributed by atoms with Crippen molar-refractivity contribution in [2.45, 2.75) is 37.9 Å². The van der Waals surface area contributed by atoms with Gasteiger partial charge in [0.1, 0.15) is 17.9 Å². The lowest BCUT2D eigenvalue weighted by Gasteiger charge is -2.36. The van der Waals surface area contributed by atoms with Crippen LogP contribution in [0.15, 0.2) is 46.0 Å². The molecule has 10 heteroatoms. The van der Waals surface area contributed by atoms with Crippen molar-refractivity contribution in [2.24, 2.45) is 21.8 Å². The van der Waals surface area contributed by atoms with Crippen LogP contribution in [0.2, 0.25) is 0 Å². The second kappa shape index (κ2) is 7.85. The van der Waals surface area contributed by atoms with Crippen LogP contribution in [0.1, 0.15) is 37.4 Å². The highest BCUT2D eigenvalue weighted by atomic mass is 16.7. The molecule has 1 aromatic rings. The molecule has 5 rings (SSSR count). The minimum absolute atomic E-state index is 0.0149. The van der Waals surface area contributed by atoms with E-state index in [1.165, 1.54) is 6.21 Å². The Morgan fingerprint density at radius 3 is 2.74 bits per heavy atom. The van der Waals surface area contributed by atoms with E-state index < -0.39 is 18.2 Å². The fourth-order valence-corrected chi connectivity index (χ4v) is 4.47. The molecule has 0 spiro atoms. The fraction of sp³-hybridized carbons (Fsp3) is 0.381. The van der Waals surface area contributed by atoms with Gasteiger partial charge in [0.05, 0.1) is 29.4 Å². The molecule has 3 N–H and O–H groups in total. The van der Waals surface area contributed by atoms with Gasteiger partial charge in [-0.2, -0.15) is 5.26 Å². The number of carbonyl (C=O) groups excluding carboxylic acids is 2. The van der Waals surface area contributed by atoms with Crippen molar-refractivity contribution in [1.29, 1.82) is 5.26 Å². The average Bonchev–Trinajstić information content (AvgIpc) is 3.39. The Kier molecular flexibility index (Phi) is 4.88. The number of nitriles is 1. The third kappa shape index (κ3) is 3.53. The first-order valence-electron chi connectivity index (χ1n) is 10.3. The molecule has 2 unspecified atom stereocenters. The zero-order valence-electron chi connectivity index (χ0n) is 16.6. The Morgan fingerprint density at radius 1 is 1.19 bits per heavy atom. The van der Waals surface area contributed by atoms with Crippen molar-refractivity contribution in [1.82, 2.24) is 21.2 Å². The van der Waals surface area contributed by atoms with Gasteiger partial charge in [-0.3, -0.25) is 20.5 Å². The lowest BCUT2D eigenvalue weighted by Crippen LogP contribution is -2.46. The van der Waals surface area contributed by atoms with Gasteiger partial charge in [0.25, 0.3) is 5.91 Å². The molecule has 4 atom stereocenters. The zero-order chi connectivity index (χ0) is 21.4. The van der Waals surface area contributed by atoms with Gasteiger partial charge in [-0.15, -0.1) is 5.48 Å². The second-order valence-corrected chi connectivity index (χ2v) is 7.88. The summed E-state index contributed by atoms with van der Waals surface area (Å²) in [5.74, 6) is -0.484. The first kappa shape index (κ1) is 19.3. The molecule has 2 saturated heterocycles. The predicted molar refractivity (Wildman–Crippen MR) is 110 cm³/mol. The maximum absolute atomic E-state index is 12.6. The molecule has 1 aliphatic carbocycles. The molecule has 4 aliphatic rings. The molecule has 0 bridgehead atoms. The summed E-state index contributed by atoms with van der Waals surface area (Å²) in [7, 11) is 0. The van der Waals surface area contributed by atoms with Gasteiger partial charge >= 0.3 is 6.09 Å². The van der Waals surface area contributed by atoms with Crippen LogP contribution in [-0.2, 0) is 9.63 Å². The number of fused-ring (bicyclic) bond motifs is 1. The Labute approximate surface area is 178 Å². The SMILES string of the molecule is N#C[C@H]1CCCC[C@@H]1N1NC(=Nc2ccc(C3NOC(=O)N3)cc2)C2C(=O)N=CC=C21. The highest BCUT2D eigenvalue weighted by Crippen LogP contribution is 2.36. The number of rotatable bonds is 3. The van der Waals surface area contributed by atoms with E-state index in [4.69, 9.17) is 4.84 Å². The molecule has 0 radical (unpaired) electrons. The van der Waals surface area contributed by atoms with Crippen LogP contribution in [0.4, 0.5) is 10.5 Å². The van der Waals surface area contributed by atoms with Crippen LogP contribution >= 0.6 is 0 Å². The maximum Gasteiger partial charge on any atom is 0.427 e. The van der Waals surface area contributed by atoms with Crippen LogP contribution < -0.4 is 16.2 Å². The summed E-state index contributed by atoms with van der Waals surface area (Å²) in [4.78, 5) is 37.1. The summed E-state index contributed by atoms with van der Waals surface area (Å²) in [6.07, 6.45) is 6.20. The van der Waals surface area contributed by atoms with Crippen molar-refractivity contribution < 1.29 is 14.4 Å². The van der Waals surface area contributed by atoms with Crippen LogP contribution in [0.25, 0.3) is 0 Å². The third-order valence-electron chi connectivity index (χ3n) is 6.01. The number of hydrogen-bond acceptors (Lipinski definition) is 7. The van der Waals surface area contributed by atoms with E-state index in [0.717, 1.165) is 36.9 Å². The zero-order valence-corrected chi connectivity index (χ0v) is 16.6. The Bertz CT molecular complexity index is 1040. The summed E-state index contributed by atoms with van der Waals surface area (Å²) < 4.78 is 0. The number of hydrogen-bond donors (Lipinski definition) is 3. The first-order valence-corrected chi connectivity index (χ1v) is 10.3. The number of nitrogens with one attached hydrogen (secondary N) is 3. The number of carbonyl (C=O) groups is 2. The summed E-state index contributed by atoms with van der Waals surface area (Å²) in [6.45, 7) is 0. The van der Waals surface area contributed by atoms with Crippen molar-refractivity contribution in [3.8, 4) is 6.07 Å². The summed E-state index contributed by atoms with van der Waals surface area (Å²) in [5, 5.41) is 14.2. The van der Waals surface area contributed by atoms with Crippen molar-refractivity contribution in [3.63, 3.8) is 0 Å². The normalized spacial score (nSPS) is 30.9. The lowest BCUT2D eigenvalue weighted by molar-refractivity contribution is -0.119. The van der Waals surface area contributed by atoms with Crippen molar-refractivity contribution >= 4 is 29.7 Å². The molecule has 3 fully saturated rings. The molecular formula is C21H21N7O3. The predicted octanol–water partition coefficient (Wildman–Crippen LogP) is 1.97. The van der Waals surface area contributed by atoms with Crippen molar-refractivity contribution in [3.05, 3.63) is 41.6 Å². The summed E-state index contributed by atoms with van der Waals surface area (Å²) in [5.41, 5.74) is 8.15. The number of hydrazine groups is 1. The summed E-state index contributed by atoms with van der Waals surface area (Å²) in [6, 6.07) is 9.66. The molecule has 3 heterocycles. The van der Waals surface area contributed by atoms with E-state index in [9.17, 15) is 14.9 Å². The minimum atomic E-state index is -0.602. The Hall–Kier alpha value is -3.71. The number of allylic oxidation sites excluding steroid dienone is 1. The highest BCUT2D eigenvalue weighted by molar-refractivity contribution is 6.12. The van der Waals surface area contributed by atoms with Crippen LogP contribution in [-0.4, -0.2) is 35.1 Å². The number of dihydropyridines is 1. The van der Waals surface area contributed by atoms with Crippen LogP contribution in [0.5, 0.6) is 0 Å². The molecule has 3 aliphatic heterocycles. The van der Waals surface area contributed by atoms with E-state index in [0.29, 0.717) is 11.5 Å². The van der Waals surface area contributed by atoms with Crippen LogP contribution in [0, 0.1) is 23.2 Å². The molecule has 1 aromatic carbocycles. The number of nitrogens with zero attached hydrogens (tertiary/aromatic N) is 4. The van der Waals surface area contributed by atoms with Gasteiger partial charge in [-0.05, 0) is 36.6 Å². The smallest absolute Gasteiger partial charge is 0.351 e. The summed E-state index contributed by atoms with van der Waals surface area (Å²) >= 11 is 0. The second-order valence-electron chi connectivity index (χ2n) is 7.88. The molecular weight excluding hydrogens is 398 g/mol. The average molecular weight is 419 g/mol. The van der Waals surface area contributed by atoms with Gasteiger partial charge in [-0.25, -0.2) is 14.8 Å². The standard InChI is InChI=1S/C21H21N7O3/c22-11-13-3-1-2-4-15(13)28-16-9-10-23-20(29)17(16)19(26-28)24-14-7-5-12(6-8-14)18-25-21(30)31-27-18/h5-10,13,15,17-18,27H,1-4H2,(H,24,26)(H,25,30)/t13-,15+,17?,18?/m1/s1. The number of benzene rings is 1. The number of hydroxylamine groups is 1. The quantitative estimate of drug-likeness (QED) is 0.683. The lowest BCUT2D eigenvalue weighted by atomic mass is 9.84. The molecule has 10 nitrogen and oxygen atoms in total. The van der Waals surface area contributed by atoms with Gasteiger partial charge in [0.15, 0.2) is 0 Å².